The van der Waals surface area contributed by atoms with Crippen molar-refractivity contribution >= 4 is 5.91 Å². The van der Waals surface area contributed by atoms with Gasteiger partial charge in [0.2, 0.25) is 5.91 Å². The predicted molar refractivity (Wildman–Crippen MR) is 82.7 cm³/mol. The van der Waals surface area contributed by atoms with Gasteiger partial charge in [-0.25, -0.2) is 0 Å². The van der Waals surface area contributed by atoms with Gasteiger partial charge in [0.05, 0.1) is 5.56 Å². The van der Waals surface area contributed by atoms with E-state index in [1.165, 1.54) is 6.07 Å². The topological polar surface area (TPSA) is 41.1 Å². The van der Waals surface area contributed by atoms with Gasteiger partial charge in [-0.05, 0) is 55.5 Å². The Morgan fingerprint density at radius 2 is 2.22 bits per heavy atom. The average molecular weight is 328 g/mol. The molecule has 1 heterocycles. The Morgan fingerprint density at radius 1 is 1.43 bits per heavy atom. The van der Waals surface area contributed by atoms with Gasteiger partial charge in [-0.2, -0.15) is 13.2 Å². The van der Waals surface area contributed by atoms with Crippen LogP contribution in [0.15, 0.2) is 24.3 Å². The number of nitrogens with one attached hydrogen (secondary N) is 2. The van der Waals surface area contributed by atoms with Crippen molar-refractivity contribution in [3.63, 3.8) is 0 Å². The molecule has 1 amide bonds. The summed E-state index contributed by atoms with van der Waals surface area (Å²) >= 11 is 0. The van der Waals surface area contributed by atoms with Gasteiger partial charge in [-0.3, -0.25) is 4.79 Å². The molecule has 1 aliphatic heterocycles. The molecule has 23 heavy (non-hydrogen) atoms. The third kappa shape index (κ3) is 5.53. The Balaban J connectivity index is 1.82. The first-order valence-corrected chi connectivity index (χ1v) is 8.00. The summed E-state index contributed by atoms with van der Waals surface area (Å²) in [6.45, 7) is 4.15. The van der Waals surface area contributed by atoms with Gasteiger partial charge in [-0.15, -0.1) is 0 Å². The summed E-state index contributed by atoms with van der Waals surface area (Å²) < 4.78 is 38.0. The van der Waals surface area contributed by atoms with Crippen molar-refractivity contribution in [1.29, 1.82) is 0 Å². The fourth-order valence-electron chi connectivity index (χ4n) is 2.95. The van der Waals surface area contributed by atoms with E-state index in [1.807, 2.05) is 0 Å². The van der Waals surface area contributed by atoms with E-state index in [0.717, 1.165) is 38.1 Å². The Hall–Kier alpha value is -1.56. The van der Waals surface area contributed by atoms with E-state index in [4.69, 9.17) is 0 Å². The summed E-state index contributed by atoms with van der Waals surface area (Å²) in [6, 6.07) is 5.06. The fraction of sp³-hybridized carbons (Fsp3) is 0.588. The Morgan fingerprint density at radius 3 is 2.87 bits per heavy atom. The molecule has 128 valence electrons. The van der Waals surface area contributed by atoms with Crippen molar-refractivity contribution in [1.82, 2.24) is 10.6 Å². The molecule has 6 heteroatoms. The minimum atomic E-state index is -4.36. The first-order chi connectivity index (χ1) is 10.9. The van der Waals surface area contributed by atoms with Crippen molar-refractivity contribution in [2.45, 2.75) is 38.9 Å². The summed E-state index contributed by atoms with van der Waals surface area (Å²) in [4.78, 5) is 12.0. The number of piperidine rings is 1. The molecule has 2 unspecified atom stereocenters. The van der Waals surface area contributed by atoms with Crippen LogP contribution in [0.5, 0.6) is 0 Å². The minimum Gasteiger partial charge on any atom is -0.352 e. The van der Waals surface area contributed by atoms with Crippen molar-refractivity contribution in [3.8, 4) is 0 Å². The number of rotatable bonds is 5. The SMILES string of the molecule is CC(CC(=O)NCc1cccc(C(F)(F)F)c1)C1CCCNC1. The van der Waals surface area contributed by atoms with Crippen LogP contribution < -0.4 is 10.6 Å². The van der Waals surface area contributed by atoms with E-state index in [1.54, 1.807) is 6.07 Å². The number of carbonyl (C=O) groups is 1. The fourth-order valence-corrected chi connectivity index (χ4v) is 2.95. The summed E-state index contributed by atoms with van der Waals surface area (Å²) in [6.07, 6.45) is -1.70. The molecule has 0 radical (unpaired) electrons. The maximum absolute atomic E-state index is 12.7. The predicted octanol–water partition coefficient (Wildman–Crippen LogP) is 3.35. The van der Waals surface area contributed by atoms with Crippen LogP contribution in [0.25, 0.3) is 0 Å². The highest BCUT2D eigenvalue weighted by Crippen LogP contribution is 2.29. The van der Waals surface area contributed by atoms with Gasteiger partial charge < -0.3 is 10.6 Å². The van der Waals surface area contributed by atoms with Gasteiger partial charge in [-0.1, -0.05) is 19.1 Å². The lowest BCUT2D eigenvalue weighted by molar-refractivity contribution is -0.137. The second-order valence-electron chi connectivity index (χ2n) is 6.26. The maximum Gasteiger partial charge on any atom is 0.416 e. The number of hydrogen-bond donors (Lipinski definition) is 2. The highest BCUT2D eigenvalue weighted by molar-refractivity contribution is 5.76. The lowest BCUT2D eigenvalue weighted by atomic mass is 9.85. The third-order valence-electron chi connectivity index (χ3n) is 4.39. The highest BCUT2D eigenvalue weighted by Gasteiger charge is 2.30. The molecule has 0 aliphatic carbocycles. The molecule has 1 saturated heterocycles. The molecule has 0 spiro atoms. The number of carbonyl (C=O) groups excluding carboxylic acids is 1. The van der Waals surface area contributed by atoms with E-state index >= 15 is 0 Å². The molecule has 0 bridgehead atoms. The van der Waals surface area contributed by atoms with Gasteiger partial charge in [0.15, 0.2) is 0 Å². The molecule has 2 N–H and O–H groups in total. The lowest BCUT2D eigenvalue weighted by Crippen LogP contribution is -2.35. The molecular formula is C17H23F3N2O. The Labute approximate surface area is 134 Å². The van der Waals surface area contributed by atoms with Crippen LogP contribution in [-0.4, -0.2) is 19.0 Å². The van der Waals surface area contributed by atoms with Crippen molar-refractivity contribution < 1.29 is 18.0 Å². The molecule has 1 aliphatic rings. The second-order valence-corrected chi connectivity index (χ2v) is 6.26. The van der Waals surface area contributed by atoms with E-state index in [2.05, 4.69) is 17.6 Å². The maximum atomic E-state index is 12.7. The van der Waals surface area contributed by atoms with Crippen molar-refractivity contribution in [2.75, 3.05) is 13.1 Å². The van der Waals surface area contributed by atoms with Crippen LogP contribution in [0, 0.1) is 11.8 Å². The summed E-state index contributed by atoms with van der Waals surface area (Å²) in [5.41, 5.74) is -0.231. The van der Waals surface area contributed by atoms with Crippen LogP contribution >= 0.6 is 0 Å². The number of alkyl halides is 3. The molecule has 2 atom stereocenters. The molecule has 3 nitrogen and oxygen atoms in total. The smallest absolute Gasteiger partial charge is 0.352 e. The number of benzene rings is 1. The monoisotopic (exact) mass is 328 g/mol. The summed E-state index contributed by atoms with van der Waals surface area (Å²) in [5.74, 6) is 0.646. The van der Waals surface area contributed by atoms with E-state index in [0.29, 0.717) is 17.9 Å². The zero-order valence-corrected chi connectivity index (χ0v) is 13.2. The number of hydrogen-bond acceptors (Lipinski definition) is 2. The van der Waals surface area contributed by atoms with Crippen LogP contribution in [0.2, 0.25) is 0 Å². The average Bonchev–Trinajstić information content (AvgIpc) is 2.53. The Bertz CT molecular complexity index is 525. The standard InChI is InChI=1S/C17H23F3N2O/c1-12(14-5-3-7-21-11-14)8-16(23)22-10-13-4-2-6-15(9-13)17(18,19)20/h2,4,6,9,12,14,21H,3,5,7-8,10-11H2,1H3,(H,22,23). The second kappa shape index (κ2) is 7.81. The molecule has 1 aromatic carbocycles. The Kier molecular flexibility index (Phi) is 6.04. The summed E-state index contributed by atoms with van der Waals surface area (Å²) in [5, 5.41) is 6.05. The molecular weight excluding hydrogens is 305 g/mol. The molecule has 0 aromatic heterocycles. The zero-order valence-electron chi connectivity index (χ0n) is 13.2. The first kappa shape index (κ1) is 17.8. The van der Waals surface area contributed by atoms with Crippen LogP contribution in [0.1, 0.15) is 37.3 Å². The lowest BCUT2D eigenvalue weighted by Gasteiger charge is -2.28. The molecule has 0 saturated carbocycles. The highest BCUT2D eigenvalue weighted by atomic mass is 19.4. The third-order valence-corrected chi connectivity index (χ3v) is 4.39. The van der Waals surface area contributed by atoms with E-state index in [9.17, 15) is 18.0 Å². The van der Waals surface area contributed by atoms with Crippen molar-refractivity contribution in [3.05, 3.63) is 35.4 Å². The van der Waals surface area contributed by atoms with Gasteiger partial charge in [0.1, 0.15) is 0 Å². The van der Waals surface area contributed by atoms with Crippen LogP contribution in [-0.2, 0) is 17.5 Å². The van der Waals surface area contributed by atoms with Gasteiger partial charge >= 0.3 is 6.18 Å². The largest absolute Gasteiger partial charge is 0.416 e. The summed E-state index contributed by atoms with van der Waals surface area (Å²) in [7, 11) is 0. The normalized spacial score (nSPS) is 20.1. The van der Waals surface area contributed by atoms with Crippen molar-refractivity contribution in [2.24, 2.45) is 11.8 Å². The van der Waals surface area contributed by atoms with E-state index < -0.39 is 11.7 Å². The molecule has 1 aromatic rings. The van der Waals surface area contributed by atoms with Crippen LogP contribution in [0.3, 0.4) is 0 Å². The number of amides is 1. The van der Waals surface area contributed by atoms with E-state index in [-0.39, 0.29) is 18.4 Å². The van der Waals surface area contributed by atoms with Gasteiger partial charge in [0.25, 0.3) is 0 Å². The minimum absolute atomic E-state index is 0.111. The van der Waals surface area contributed by atoms with Crippen LogP contribution in [0.4, 0.5) is 13.2 Å². The first-order valence-electron chi connectivity index (χ1n) is 8.00. The zero-order chi connectivity index (χ0) is 16.9. The number of halogens is 3. The molecule has 1 fully saturated rings. The molecule has 2 rings (SSSR count). The quantitative estimate of drug-likeness (QED) is 0.870. The van der Waals surface area contributed by atoms with Gasteiger partial charge in [0, 0.05) is 13.0 Å².